The van der Waals surface area contributed by atoms with Gasteiger partial charge in [0.05, 0.1) is 25.2 Å². The lowest BCUT2D eigenvalue weighted by Gasteiger charge is -2.40. The SMILES string of the molecule is CC1CC[N+](CCO)(C(=O)c2nc(-c3ccccc3)nc3ccccc23)CC1. The summed E-state index contributed by atoms with van der Waals surface area (Å²) in [6.07, 6.45) is 1.97. The van der Waals surface area contributed by atoms with Crippen LogP contribution in [0.2, 0.25) is 0 Å². The number of hydrogen-bond acceptors (Lipinski definition) is 4. The van der Waals surface area contributed by atoms with Crippen molar-refractivity contribution in [2.75, 3.05) is 26.2 Å². The number of rotatable bonds is 4. The second kappa shape index (κ2) is 7.78. The van der Waals surface area contributed by atoms with Crippen molar-refractivity contribution in [3.63, 3.8) is 0 Å². The van der Waals surface area contributed by atoms with Gasteiger partial charge in [0.1, 0.15) is 6.54 Å². The second-order valence-corrected chi connectivity index (χ2v) is 7.81. The number of nitrogens with zero attached hydrogens (tertiary/aromatic N) is 3. The number of carbonyl (C=O) groups excluding carboxylic acids is 1. The van der Waals surface area contributed by atoms with E-state index in [2.05, 4.69) is 6.92 Å². The maximum atomic E-state index is 13.8. The third-order valence-corrected chi connectivity index (χ3v) is 5.90. The fourth-order valence-corrected chi connectivity index (χ4v) is 4.09. The molecule has 1 fully saturated rings. The number of piperidine rings is 1. The molecule has 0 spiro atoms. The molecule has 1 N–H and O–H groups in total. The monoisotopic (exact) mass is 376 g/mol. The summed E-state index contributed by atoms with van der Waals surface area (Å²) in [4.78, 5) is 23.2. The van der Waals surface area contributed by atoms with Crippen LogP contribution >= 0.6 is 0 Å². The molecule has 1 aromatic heterocycles. The number of aliphatic hydroxyl groups excluding tert-OH is 1. The minimum absolute atomic E-state index is 0.00303. The van der Waals surface area contributed by atoms with Crippen LogP contribution in [0.1, 0.15) is 30.3 Å². The van der Waals surface area contributed by atoms with Crippen LogP contribution in [-0.2, 0) is 0 Å². The molecule has 3 aromatic rings. The van der Waals surface area contributed by atoms with Crippen LogP contribution in [0.5, 0.6) is 0 Å². The van der Waals surface area contributed by atoms with Crippen molar-refractivity contribution in [1.29, 1.82) is 0 Å². The number of quaternary nitrogens is 1. The average Bonchev–Trinajstić information content (AvgIpc) is 2.75. The standard InChI is InChI=1S/C23H26N3O2/c1-17-11-13-26(14-12-17,15-16-27)23(28)21-19-9-5-6-10-20(19)24-22(25-21)18-7-3-2-4-8-18/h2-10,17,27H,11-16H2,1H3/q+1. The van der Waals surface area contributed by atoms with Crippen molar-refractivity contribution in [2.24, 2.45) is 5.92 Å². The number of likely N-dealkylation sites (tertiary alicyclic amines) is 1. The molecule has 5 heteroatoms. The summed E-state index contributed by atoms with van der Waals surface area (Å²) in [5.74, 6) is 1.17. The zero-order chi connectivity index (χ0) is 19.6. The molecule has 0 atom stereocenters. The third kappa shape index (κ3) is 3.43. The van der Waals surface area contributed by atoms with Gasteiger partial charge in [-0.2, -0.15) is 0 Å². The number of para-hydroxylation sites is 1. The molecule has 0 aliphatic carbocycles. The minimum Gasteiger partial charge on any atom is -0.390 e. The Kier molecular flexibility index (Phi) is 5.20. The second-order valence-electron chi connectivity index (χ2n) is 7.81. The molecule has 144 valence electrons. The number of aliphatic hydroxyl groups is 1. The highest BCUT2D eigenvalue weighted by Crippen LogP contribution is 2.29. The molecule has 1 saturated heterocycles. The molecule has 1 aliphatic rings. The molecule has 2 aromatic carbocycles. The Labute approximate surface area is 165 Å². The largest absolute Gasteiger partial charge is 0.390 e. The lowest BCUT2D eigenvalue weighted by molar-refractivity contribution is -0.856. The van der Waals surface area contributed by atoms with E-state index in [9.17, 15) is 9.90 Å². The van der Waals surface area contributed by atoms with Crippen LogP contribution in [0, 0.1) is 5.92 Å². The van der Waals surface area contributed by atoms with E-state index in [1.165, 1.54) is 0 Å². The van der Waals surface area contributed by atoms with Crippen molar-refractivity contribution < 1.29 is 14.4 Å². The topological polar surface area (TPSA) is 63.1 Å². The first-order valence-electron chi connectivity index (χ1n) is 9.97. The first kappa shape index (κ1) is 18.7. The molecular formula is C23H26N3O2+. The molecule has 1 amide bonds. The molecule has 4 rings (SSSR count). The number of hydrogen-bond donors (Lipinski definition) is 1. The van der Waals surface area contributed by atoms with Gasteiger partial charge in [-0.25, -0.2) is 14.8 Å². The van der Waals surface area contributed by atoms with Crippen LogP contribution in [0.15, 0.2) is 54.6 Å². The summed E-state index contributed by atoms with van der Waals surface area (Å²) in [6.45, 7) is 4.16. The van der Waals surface area contributed by atoms with Gasteiger partial charge in [0.15, 0.2) is 11.5 Å². The van der Waals surface area contributed by atoms with Gasteiger partial charge in [0.25, 0.3) is 0 Å². The predicted molar refractivity (Wildman–Crippen MR) is 110 cm³/mol. The van der Waals surface area contributed by atoms with Crippen LogP contribution in [0.3, 0.4) is 0 Å². The van der Waals surface area contributed by atoms with Crippen molar-refractivity contribution in [3.05, 3.63) is 60.3 Å². The number of aromatic nitrogens is 2. The van der Waals surface area contributed by atoms with Gasteiger partial charge in [-0.1, -0.05) is 55.5 Å². The van der Waals surface area contributed by atoms with Crippen molar-refractivity contribution in [1.82, 2.24) is 9.97 Å². The Morgan fingerprint density at radius 3 is 2.43 bits per heavy atom. The molecule has 0 saturated carbocycles. The molecule has 1 aliphatic heterocycles. The van der Waals surface area contributed by atoms with E-state index in [1.54, 1.807) is 0 Å². The van der Waals surface area contributed by atoms with E-state index in [0.717, 1.165) is 42.4 Å². The maximum absolute atomic E-state index is 13.8. The quantitative estimate of drug-likeness (QED) is 0.706. The van der Waals surface area contributed by atoms with Crippen LogP contribution in [0.25, 0.3) is 22.3 Å². The Hall–Kier alpha value is -2.63. The van der Waals surface area contributed by atoms with Crippen molar-refractivity contribution >= 4 is 16.8 Å². The van der Waals surface area contributed by atoms with Crippen molar-refractivity contribution in [3.8, 4) is 11.4 Å². The van der Waals surface area contributed by atoms with E-state index in [0.29, 0.717) is 24.0 Å². The maximum Gasteiger partial charge on any atom is 0.365 e. The molecule has 0 radical (unpaired) electrons. The number of carbonyl (C=O) groups is 1. The molecule has 5 nitrogen and oxygen atoms in total. The smallest absolute Gasteiger partial charge is 0.365 e. The Balaban J connectivity index is 1.85. The molecule has 0 unspecified atom stereocenters. The number of benzene rings is 2. The Bertz CT molecular complexity index is 980. The van der Waals surface area contributed by atoms with Crippen LogP contribution in [0.4, 0.5) is 0 Å². The van der Waals surface area contributed by atoms with E-state index < -0.39 is 0 Å². The zero-order valence-corrected chi connectivity index (χ0v) is 16.2. The van der Waals surface area contributed by atoms with E-state index in [4.69, 9.17) is 9.97 Å². The van der Waals surface area contributed by atoms with Gasteiger partial charge in [0.2, 0.25) is 0 Å². The van der Waals surface area contributed by atoms with Gasteiger partial charge in [0, 0.05) is 10.9 Å². The van der Waals surface area contributed by atoms with Gasteiger partial charge in [-0.05, 0) is 24.8 Å². The summed E-state index contributed by atoms with van der Waals surface area (Å²) in [5, 5.41) is 10.5. The van der Waals surface area contributed by atoms with Gasteiger partial charge < -0.3 is 5.11 Å². The highest BCUT2D eigenvalue weighted by molar-refractivity contribution is 6.01. The van der Waals surface area contributed by atoms with E-state index in [-0.39, 0.29) is 17.0 Å². The fourth-order valence-electron chi connectivity index (χ4n) is 4.09. The molecule has 0 bridgehead atoms. The van der Waals surface area contributed by atoms with Gasteiger partial charge in [-0.15, -0.1) is 0 Å². The minimum atomic E-state index is -0.00528. The summed E-state index contributed by atoms with van der Waals surface area (Å²) in [5.41, 5.74) is 2.13. The fraction of sp³-hybridized carbons (Fsp3) is 0.348. The normalized spacial score (nSPS) is 22.3. The first-order chi connectivity index (χ1) is 13.6. The molecule has 2 heterocycles. The van der Waals surface area contributed by atoms with E-state index >= 15 is 0 Å². The lowest BCUT2D eigenvalue weighted by Crippen LogP contribution is -2.58. The summed E-state index contributed by atoms with van der Waals surface area (Å²) in [6, 6.07) is 17.4. The predicted octanol–water partition coefficient (Wildman–Crippen LogP) is 3.68. The summed E-state index contributed by atoms with van der Waals surface area (Å²) >= 11 is 0. The number of fused-ring (bicyclic) bond motifs is 1. The highest BCUT2D eigenvalue weighted by atomic mass is 16.3. The molecular weight excluding hydrogens is 350 g/mol. The first-order valence-corrected chi connectivity index (χ1v) is 9.97. The average molecular weight is 376 g/mol. The summed E-state index contributed by atoms with van der Waals surface area (Å²) < 4.78 is 0.274. The van der Waals surface area contributed by atoms with Crippen LogP contribution in [-0.4, -0.2) is 51.7 Å². The molecule has 28 heavy (non-hydrogen) atoms. The van der Waals surface area contributed by atoms with Gasteiger partial charge in [-0.3, -0.25) is 4.48 Å². The third-order valence-electron chi connectivity index (χ3n) is 5.90. The highest BCUT2D eigenvalue weighted by Gasteiger charge is 2.41. The van der Waals surface area contributed by atoms with Crippen molar-refractivity contribution in [2.45, 2.75) is 19.8 Å². The summed E-state index contributed by atoms with van der Waals surface area (Å²) in [7, 11) is 0. The Morgan fingerprint density at radius 2 is 1.71 bits per heavy atom. The number of amides is 1. The van der Waals surface area contributed by atoms with Gasteiger partial charge >= 0.3 is 5.91 Å². The van der Waals surface area contributed by atoms with Crippen LogP contribution < -0.4 is 0 Å². The lowest BCUT2D eigenvalue weighted by atomic mass is 9.95. The Morgan fingerprint density at radius 1 is 1.04 bits per heavy atom. The van der Waals surface area contributed by atoms with E-state index in [1.807, 2.05) is 54.6 Å². The zero-order valence-electron chi connectivity index (χ0n) is 16.2.